The molecule has 5 N–H and O–H groups in total. The highest BCUT2D eigenvalue weighted by molar-refractivity contribution is 5.90. The van der Waals surface area contributed by atoms with Crippen LogP contribution in [0.15, 0.2) is 48.5 Å². The average Bonchev–Trinajstić information content (AvgIpc) is 3.08. The Balaban J connectivity index is 1.59. The van der Waals surface area contributed by atoms with Gasteiger partial charge in [-0.1, -0.05) is 42.5 Å². The van der Waals surface area contributed by atoms with Gasteiger partial charge < -0.3 is 11.1 Å². The van der Waals surface area contributed by atoms with Crippen LogP contribution in [0.4, 0.5) is 0 Å². The molecule has 0 aliphatic heterocycles. The number of aryl methyl sites for hydroxylation is 1. The van der Waals surface area contributed by atoms with Crippen LogP contribution in [0.3, 0.4) is 0 Å². The fraction of sp³-hybridized carbons (Fsp3) is 0.286. The van der Waals surface area contributed by atoms with E-state index >= 15 is 0 Å². The van der Waals surface area contributed by atoms with Crippen molar-refractivity contribution in [2.45, 2.75) is 31.8 Å². The molecule has 1 atom stereocenters. The molecule has 0 saturated heterocycles. The minimum atomic E-state index is -0.525. The van der Waals surface area contributed by atoms with Gasteiger partial charge in [0.05, 0.1) is 0 Å². The lowest BCUT2D eigenvalue weighted by atomic mass is 10.0. The number of rotatable bonds is 7. The van der Waals surface area contributed by atoms with Crippen LogP contribution in [0.25, 0.3) is 6.08 Å². The third kappa shape index (κ3) is 4.38. The number of fused-ring (bicyclic) bond motifs is 1. The first-order chi connectivity index (χ1) is 12.7. The first-order valence-corrected chi connectivity index (χ1v) is 8.96. The molecule has 1 amide bonds. The van der Waals surface area contributed by atoms with E-state index in [1.807, 2.05) is 12.1 Å². The van der Waals surface area contributed by atoms with Crippen molar-refractivity contribution in [3.63, 3.8) is 0 Å². The number of nitrogens with one attached hydrogen (secondary N) is 2. The molecule has 2 aromatic rings. The molecule has 0 fully saturated rings. The fourth-order valence-electron chi connectivity index (χ4n) is 3.54. The van der Waals surface area contributed by atoms with Crippen LogP contribution in [0.5, 0.6) is 0 Å². The van der Waals surface area contributed by atoms with Crippen LogP contribution in [0, 0.1) is 0 Å². The molecular weight excluding hydrogens is 326 g/mol. The Labute approximate surface area is 153 Å². The molecule has 5 heteroatoms. The Hall–Kier alpha value is -2.47. The molecule has 136 valence electrons. The highest BCUT2D eigenvalue weighted by Gasteiger charge is 2.21. The number of hydrogen-bond acceptors (Lipinski definition) is 4. The van der Waals surface area contributed by atoms with Crippen molar-refractivity contribution < 1.29 is 10.0 Å². The topological polar surface area (TPSA) is 87.4 Å². The molecule has 0 saturated carbocycles. The Morgan fingerprint density at radius 1 is 1.23 bits per heavy atom. The van der Waals surface area contributed by atoms with E-state index in [9.17, 15) is 4.79 Å². The Bertz CT molecular complexity index is 802. The molecule has 0 spiro atoms. The maximum absolute atomic E-state index is 11.1. The zero-order valence-electron chi connectivity index (χ0n) is 14.7. The van der Waals surface area contributed by atoms with Crippen molar-refractivity contribution in [3.05, 3.63) is 76.4 Å². The van der Waals surface area contributed by atoms with Crippen LogP contribution >= 0.6 is 0 Å². The van der Waals surface area contributed by atoms with Crippen molar-refractivity contribution in [1.29, 1.82) is 0 Å². The molecule has 0 heterocycles. The maximum Gasteiger partial charge on any atom is 0.267 e. The third-order valence-electron chi connectivity index (χ3n) is 4.91. The zero-order chi connectivity index (χ0) is 18.4. The summed E-state index contributed by atoms with van der Waals surface area (Å²) in [6.07, 6.45) is 6.10. The van der Waals surface area contributed by atoms with Crippen LogP contribution in [-0.2, 0) is 24.2 Å². The van der Waals surface area contributed by atoms with Crippen LogP contribution in [-0.4, -0.2) is 17.7 Å². The number of carbonyl (C=O) groups is 1. The Morgan fingerprint density at radius 3 is 2.81 bits per heavy atom. The fourth-order valence-corrected chi connectivity index (χ4v) is 3.54. The van der Waals surface area contributed by atoms with Crippen molar-refractivity contribution >= 4 is 12.0 Å². The summed E-state index contributed by atoms with van der Waals surface area (Å²) in [4.78, 5) is 11.1. The van der Waals surface area contributed by atoms with Crippen molar-refractivity contribution in [1.82, 2.24) is 10.8 Å². The Kier molecular flexibility index (Phi) is 6.17. The zero-order valence-corrected chi connectivity index (χ0v) is 14.7. The number of carbonyl (C=O) groups excluding carboxylic acids is 1. The number of amides is 1. The summed E-state index contributed by atoms with van der Waals surface area (Å²) in [5.41, 5.74) is 13.5. The van der Waals surface area contributed by atoms with Gasteiger partial charge in [0.15, 0.2) is 0 Å². The van der Waals surface area contributed by atoms with Crippen LogP contribution in [0.1, 0.15) is 40.3 Å². The predicted octanol–water partition coefficient (Wildman–Crippen LogP) is 2.48. The second-order valence-corrected chi connectivity index (χ2v) is 6.54. The number of hydroxylamine groups is 1. The summed E-state index contributed by atoms with van der Waals surface area (Å²) in [5, 5.41) is 12.2. The molecule has 26 heavy (non-hydrogen) atoms. The second-order valence-electron chi connectivity index (χ2n) is 6.54. The first-order valence-electron chi connectivity index (χ1n) is 8.96. The summed E-state index contributed by atoms with van der Waals surface area (Å²) in [6.45, 7) is 1.49. The summed E-state index contributed by atoms with van der Waals surface area (Å²) in [7, 11) is 0. The highest BCUT2D eigenvalue weighted by Crippen LogP contribution is 2.32. The standard InChI is InChI=1S/C21H25N3O2/c22-14-18-4-2-1-3-16(18)11-12-23-20-9-7-17-13-15(5-8-19(17)20)6-10-21(25)24-26/h1-6,8,10,13,20,23,26H,7,9,11-12,14,22H2,(H,24,25). The van der Waals surface area contributed by atoms with E-state index < -0.39 is 5.91 Å². The van der Waals surface area contributed by atoms with E-state index in [1.54, 1.807) is 11.6 Å². The van der Waals surface area contributed by atoms with Gasteiger partial charge in [-0.15, -0.1) is 0 Å². The molecule has 1 unspecified atom stereocenters. The normalized spacial score (nSPS) is 16.0. The predicted molar refractivity (Wildman–Crippen MR) is 103 cm³/mol. The molecule has 0 radical (unpaired) electrons. The Morgan fingerprint density at radius 2 is 2.04 bits per heavy atom. The van der Waals surface area contributed by atoms with E-state index in [1.165, 1.54) is 28.3 Å². The monoisotopic (exact) mass is 351 g/mol. The summed E-state index contributed by atoms with van der Waals surface area (Å²) >= 11 is 0. The van der Waals surface area contributed by atoms with Crippen molar-refractivity contribution in [2.24, 2.45) is 5.73 Å². The van der Waals surface area contributed by atoms with Gasteiger partial charge in [-0.3, -0.25) is 10.0 Å². The largest absolute Gasteiger partial charge is 0.326 e. The van der Waals surface area contributed by atoms with Gasteiger partial charge in [0.1, 0.15) is 0 Å². The van der Waals surface area contributed by atoms with Gasteiger partial charge in [0.25, 0.3) is 5.91 Å². The number of hydrogen-bond donors (Lipinski definition) is 4. The van der Waals surface area contributed by atoms with E-state index in [0.717, 1.165) is 31.4 Å². The van der Waals surface area contributed by atoms with E-state index in [2.05, 4.69) is 35.6 Å². The maximum atomic E-state index is 11.1. The molecular formula is C21H25N3O2. The molecule has 2 aromatic carbocycles. The van der Waals surface area contributed by atoms with E-state index in [0.29, 0.717) is 12.6 Å². The lowest BCUT2D eigenvalue weighted by molar-refractivity contribution is -0.124. The molecule has 0 bridgehead atoms. The molecule has 5 nitrogen and oxygen atoms in total. The van der Waals surface area contributed by atoms with Gasteiger partial charge in [-0.05, 0) is 59.7 Å². The van der Waals surface area contributed by atoms with Gasteiger partial charge >= 0.3 is 0 Å². The smallest absolute Gasteiger partial charge is 0.267 e. The van der Waals surface area contributed by atoms with Crippen molar-refractivity contribution in [2.75, 3.05) is 6.54 Å². The molecule has 1 aliphatic carbocycles. The van der Waals surface area contributed by atoms with E-state index in [-0.39, 0.29) is 0 Å². The average molecular weight is 351 g/mol. The number of benzene rings is 2. The molecule has 0 aromatic heterocycles. The minimum Gasteiger partial charge on any atom is -0.326 e. The summed E-state index contributed by atoms with van der Waals surface area (Å²) in [6, 6.07) is 14.9. The molecule has 3 rings (SSSR count). The summed E-state index contributed by atoms with van der Waals surface area (Å²) < 4.78 is 0. The van der Waals surface area contributed by atoms with Crippen molar-refractivity contribution in [3.8, 4) is 0 Å². The number of nitrogens with two attached hydrogens (primary N) is 1. The van der Waals surface area contributed by atoms with E-state index in [4.69, 9.17) is 10.9 Å². The minimum absolute atomic E-state index is 0.369. The quantitative estimate of drug-likeness (QED) is 0.351. The van der Waals surface area contributed by atoms with Gasteiger partial charge in [-0.25, -0.2) is 5.48 Å². The lowest BCUT2D eigenvalue weighted by Gasteiger charge is -2.15. The first kappa shape index (κ1) is 18.3. The second kappa shape index (κ2) is 8.76. The van der Waals surface area contributed by atoms with Gasteiger partial charge in [0, 0.05) is 18.7 Å². The third-order valence-corrected chi connectivity index (χ3v) is 4.91. The van der Waals surface area contributed by atoms with Gasteiger partial charge in [-0.2, -0.15) is 0 Å². The van der Waals surface area contributed by atoms with Crippen LogP contribution < -0.4 is 16.5 Å². The lowest BCUT2D eigenvalue weighted by Crippen LogP contribution is -2.22. The molecule has 1 aliphatic rings. The summed E-state index contributed by atoms with van der Waals surface area (Å²) in [5.74, 6) is -0.525. The SMILES string of the molecule is NCc1ccccc1CCNC1CCc2cc(C=CC(=O)NO)ccc21. The van der Waals surface area contributed by atoms with Crippen LogP contribution in [0.2, 0.25) is 0 Å². The van der Waals surface area contributed by atoms with Gasteiger partial charge in [0.2, 0.25) is 0 Å². The highest BCUT2D eigenvalue weighted by atomic mass is 16.5.